The van der Waals surface area contributed by atoms with Gasteiger partial charge in [-0.15, -0.1) is 0 Å². The van der Waals surface area contributed by atoms with Crippen molar-refractivity contribution in [1.29, 1.82) is 0 Å². The highest BCUT2D eigenvalue weighted by molar-refractivity contribution is 7.20. The van der Waals surface area contributed by atoms with Gasteiger partial charge in [0.25, 0.3) is 0 Å². The van der Waals surface area contributed by atoms with Crippen molar-refractivity contribution in [2.75, 3.05) is 6.61 Å². The molecule has 6 aromatic carbocycles. The van der Waals surface area contributed by atoms with E-state index < -0.39 is 195 Å². The molecule has 1 aromatic heterocycles. The van der Waals surface area contributed by atoms with Gasteiger partial charge in [0.1, 0.15) is 6.15 Å². The van der Waals surface area contributed by atoms with Crippen molar-refractivity contribution in [3.8, 4) is 5.88 Å². The van der Waals surface area contributed by atoms with Gasteiger partial charge in [0, 0.05) is 11.6 Å². The van der Waals surface area contributed by atoms with Gasteiger partial charge in [-0.3, -0.25) is 0 Å². The van der Waals surface area contributed by atoms with Crippen molar-refractivity contribution in [3.63, 3.8) is 0 Å². The lowest BCUT2D eigenvalue weighted by Gasteiger charge is -2.46. The molecule has 27 heteroatoms. The van der Waals surface area contributed by atoms with Crippen molar-refractivity contribution in [3.05, 3.63) is 190 Å². The molecular weight excluding hydrogens is 1120 g/mol. The van der Waals surface area contributed by atoms with Gasteiger partial charge in [-0.2, -0.15) is 132 Å². The summed E-state index contributed by atoms with van der Waals surface area (Å²) in [7, 11) is 0. The number of ether oxygens (including phenoxy) is 1. The van der Waals surface area contributed by atoms with Gasteiger partial charge in [0.05, 0.1) is 56.5 Å². The Bertz CT molecular complexity index is 2840. The maximum absolute atomic E-state index is 14.2. The molecule has 0 radical (unpaired) electrons. The van der Waals surface area contributed by atoms with E-state index in [1.54, 1.807) is 0 Å². The van der Waals surface area contributed by atoms with Crippen molar-refractivity contribution < 1.29 is 115 Å². The van der Waals surface area contributed by atoms with Crippen molar-refractivity contribution in [2.45, 2.75) is 75.7 Å². The molecule has 1 heterocycles. The van der Waals surface area contributed by atoms with Gasteiger partial charge < -0.3 is 4.74 Å². The van der Waals surface area contributed by atoms with Crippen molar-refractivity contribution in [1.82, 2.24) is 0 Å². The molecule has 0 aliphatic rings. The summed E-state index contributed by atoms with van der Waals surface area (Å²) in [6.45, 7) is 3.77. The molecule has 0 unspecified atom stereocenters. The zero-order valence-electron chi connectivity index (χ0n) is 39.6. The predicted molar refractivity (Wildman–Crippen MR) is 240 cm³/mol. The Balaban J connectivity index is 0.000000378. The monoisotopic (exact) mass is 1160 g/mol. The maximum atomic E-state index is 14.2. The third-order valence-electron chi connectivity index (χ3n) is 12.3. The van der Waals surface area contributed by atoms with Crippen LogP contribution in [0.15, 0.2) is 140 Å². The van der Waals surface area contributed by atoms with E-state index in [0.29, 0.717) is 0 Å². The molecule has 0 N–H and O–H groups in total. The number of rotatable bonds is 10. The first-order chi connectivity index (χ1) is 36.1. The Morgan fingerprint density at radius 3 is 0.949 bits per heavy atom. The van der Waals surface area contributed by atoms with Crippen LogP contribution in [0.3, 0.4) is 0 Å². The molecule has 0 fully saturated rings. The van der Waals surface area contributed by atoms with E-state index in [1.807, 2.05) is 6.07 Å². The molecule has 0 aliphatic heterocycles. The predicted octanol–water partition coefficient (Wildman–Crippen LogP) is 15.6. The van der Waals surface area contributed by atoms with E-state index in [1.165, 1.54) is 16.3 Å². The summed E-state index contributed by atoms with van der Waals surface area (Å²) >= 11 is 0. The summed E-state index contributed by atoms with van der Waals surface area (Å²) in [4.78, 5) is 0. The Labute approximate surface area is 430 Å². The van der Waals surface area contributed by atoms with E-state index in [9.17, 15) is 105 Å². The number of alkyl halides is 24. The number of hydrogen-bond acceptors (Lipinski definition) is 1. The number of aromatic nitrogens is 1. The highest BCUT2D eigenvalue weighted by Crippen LogP contribution is 2.41. The van der Waals surface area contributed by atoms with Gasteiger partial charge in [0.15, 0.2) is 12.7 Å². The maximum Gasteiger partial charge on any atom is 0.416 e. The SMILES string of the molecule is CCCCOc1c2ccccc2cc[n+]1Cc1ccccc1.FC(F)(F)c1cc([B-](c2cc(C(F)(F)F)cc(C(F)(F)F)c2)(c2cc(C(F)(F)F)cc(C(F)(F)F)c2)c2cc(C(F)(F)F)cc(C(F)(F)F)c2)cc(C(F)(F)F)c1. The van der Waals surface area contributed by atoms with Gasteiger partial charge in [0.2, 0.25) is 0 Å². The van der Waals surface area contributed by atoms with Crippen molar-refractivity contribution >= 4 is 38.8 Å². The van der Waals surface area contributed by atoms with Crippen LogP contribution in [0.25, 0.3) is 10.8 Å². The molecule has 2 nitrogen and oxygen atoms in total. The molecule has 0 bridgehead atoms. The van der Waals surface area contributed by atoms with E-state index in [4.69, 9.17) is 4.74 Å². The molecule has 0 atom stereocenters. The van der Waals surface area contributed by atoms with Crippen LogP contribution in [0, 0.1) is 0 Å². The lowest BCUT2D eigenvalue weighted by atomic mass is 9.12. The average molecular weight is 1160 g/mol. The summed E-state index contributed by atoms with van der Waals surface area (Å²) in [5.74, 6) is 0.968. The molecule has 424 valence electrons. The molecule has 0 saturated heterocycles. The Morgan fingerprint density at radius 1 is 0.367 bits per heavy atom. The van der Waals surface area contributed by atoms with E-state index in [0.717, 1.165) is 31.9 Å². The number of fused-ring (bicyclic) bond motifs is 1. The zero-order chi connectivity index (χ0) is 59.1. The Morgan fingerprint density at radius 2 is 0.658 bits per heavy atom. The van der Waals surface area contributed by atoms with E-state index in [-0.39, 0.29) is 0 Å². The van der Waals surface area contributed by atoms with E-state index >= 15 is 0 Å². The fourth-order valence-electron chi connectivity index (χ4n) is 8.68. The first-order valence-electron chi connectivity index (χ1n) is 22.6. The number of hydrogen-bond donors (Lipinski definition) is 0. The van der Waals surface area contributed by atoms with Crippen LogP contribution in [0.5, 0.6) is 5.88 Å². The van der Waals surface area contributed by atoms with Crippen LogP contribution >= 0.6 is 0 Å². The first-order valence-corrected chi connectivity index (χ1v) is 22.6. The second-order valence-corrected chi connectivity index (χ2v) is 17.7. The minimum atomic E-state index is -6.13. The normalized spacial score (nSPS) is 13.3. The minimum absolute atomic E-state index is 0.691. The average Bonchev–Trinajstić information content (AvgIpc) is 3.54. The fourth-order valence-corrected chi connectivity index (χ4v) is 8.68. The third kappa shape index (κ3) is 14.2. The second-order valence-electron chi connectivity index (χ2n) is 17.7. The topological polar surface area (TPSA) is 13.1 Å². The summed E-state index contributed by atoms with van der Waals surface area (Å²) in [6.07, 6.45) is -50.5. The summed E-state index contributed by atoms with van der Waals surface area (Å²) in [5.41, 5.74) is -28.9. The highest BCUT2D eigenvalue weighted by Gasteiger charge is 2.47. The standard InChI is InChI=1S/C32H12BF24.C20H22NO/c34-25(35,36)13-1-14(26(37,38)39)6-21(5-13)33(22-7-15(27(40,41)42)2-16(8-22)28(43,44)45,23-9-17(29(46,47)48)3-18(10-23)30(49,50)51)24-11-19(31(52,53)54)4-20(12-24)32(55,56)57;1-2-3-15-22-20-19-12-8-7-11-18(19)13-14-21(20)16-17-9-5-4-6-10-17/h1-12H;4-14H,2-3,15-16H2,1H3/q-1;+1. The van der Waals surface area contributed by atoms with E-state index in [2.05, 4.69) is 72.3 Å². The molecular formula is C52H34BF24NO. The quantitative estimate of drug-likeness (QED) is 0.0576. The van der Waals surface area contributed by atoms with Gasteiger partial charge in [-0.25, -0.2) is 0 Å². The van der Waals surface area contributed by atoms with Crippen LogP contribution in [0.4, 0.5) is 105 Å². The first kappa shape index (κ1) is 61.1. The number of nitrogens with zero attached hydrogens (tertiary/aromatic N) is 1. The molecule has 79 heavy (non-hydrogen) atoms. The molecule has 7 aromatic rings. The van der Waals surface area contributed by atoms with Gasteiger partial charge >= 0.3 is 55.3 Å². The second kappa shape index (κ2) is 21.9. The lowest BCUT2D eigenvalue weighted by Crippen LogP contribution is -2.75. The molecule has 0 amide bonds. The number of pyridine rings is 1. The van der Waals surface area contributed by atoms with Crippen LogP contribution in [0.1, 0.15) is 69.8 Å². The Kier molecular flexibility index (Phi) is 16.9. The summed E-state index contributed by atoms with van der Waals surface area (Å²) < 4.78 is 349. The van der Waals surface area contributed by atoms with Crippen LogP contribution in [0.2, 0.25) is 0 Å². The van der Waals surface area contributed by atoms with Crippen LogP contribution < -0.4 is 31.2 Å². The van der Waals surface area contributed by atoms with Crippen LogP contribution in [-0.4, -0.2) is 12.8 Å². The smallest absolute Gasteiger partial charge is 0.416 e. The van der Waals surface area contributed by atoms with Gasteiger partial charge in [-0.1, -0.05) is 110 Å². The fraction of sp³-hybridized carbons (Fsp3) is 0.250. The minimum Gasteiger partial charge on any atom is -0.444 e. The zero-order valence-corrected chi connectivity index (χ0v) is 39.6. The molecule has 0 spiro atoms. The highest BCUT2D eigenvalue weighted by atomic mass is 19.4. The third-order valence-corrected chi connectivity index (χ3v) is 12.3. The summed E-state index contributed by atoms with van der Waals surface area (Å²) in [6, 6.07) is 12.3. The van der Waals surface area contributed by atoms with Crippen molar-refractivity contribution in [2.24, 2.45) is 0 Å². The number of benzene rings is 6. The van der Waals surface area contributed by atoms with Crippen LogP contribution in [-0.2, 0) is 56.0 Å². The molecule has 7 rings (SSSR count). The lowest BCUT2D eigenvalue weighted by molar-refractivity contribution is -0.692. The molecule has 0 saturated carbocycles. The largest absolute Gasteiger partial charge is 0.444 e. The summed E-state index contributed by atoms with van der Waals surface area (Å²) in [5, 5.41) is 2.40. The number of unbranched alkanes of at least 4 members (excludes halogenated alkanes) is 1. The molecule has 0 aliphatic carbocycles. The van der Waals surface area contributed by atoms with Gasteiger partial charge in [-0.05, 0) is 42.1 Å². The number of halogens is 24. The Hall–Kier alpha value is -7.09.